The SMILES string of the molecule is COC(=O)[C@H]1O[C@@H](O[C@@H]2[C@@H](O[C@@H]3O[C@H](CO)[C@H](O)[C@H](O)[C@H]3O)[C@@H](O)[C@H](O)O[C@H]2C)[C@H](O)[C@@H](O)[C@@H]1O. The third-order valence-corrected chi connectivity index (χ3v) is 6.20. The standard InChI is InChI=1S/C19H32O16/c1-4-13(33-19-11(26)8(23)9(24)15(35-19)17(29)30-2)14(12(27)16(28)31-4)34-18-10(25)7(22)6(21)5(3-20)32-18/h4-16,18-28H,3H2,1-2H3/t4-,5+,6-,7-,8-,9-,10+,11+,12+,13-,14-,15-,16+,18-,19+/m0/s1. The smallest absolute Gasteiger partial charge is 0.337 e. The lowest BCUT2D eigenvalue weighted by Crippen LogP contribution is -2.66. The first-order valence-corrected chi connectivity index (χ1v) is 10.8. The molecule has 0 aromatic rings. The maximum Gasteiger partial charge on any atom is 0.337 e. The minimum absolute atomic E-state index is 0.753. The molecule has 3 rings (SSSR count). The summed E-state index contributed by atoms with van der Waals surface area (Å²) in [6, 6.07) is 0. The van der Waals surface area contributed by atoms with Crippen molar-refractivity contribution in [3.63, 3.8) is 0 Å². The fourth-order valence-electron chi connectivity index (χ4n) is 4.11. The summed E-state index contributed by atoms with van der Waals surface area (Å²) < 4.78 is 31.4. The van der Waals surface area contributed by atoms with Crippen LogP contribution < -0.4 is 0 Å². The number of hydrogen-bond donors (Lipinski definition) is 9. The van der Waals surface area contributed by atoms with Crippen LogP contribution in [0, 0.1) is 0 Å². The van der Waals surface area contributed by atoms with E-state index in [9.17, 15) is 50.8 Å². The quantitative estimate of drug-likeness (QED) is 0.149. The van der Waals surface area contributed by atoms with Gasteiger partial charge in [0.05, 0.1) is 19.8 Å². The van der Waals surface area contributed by atoms with Gasteiger partial charge in [-0.1, -0.05) is 0 Å². The van der Waals surface area contributed by atoms with Crippen LogP contribution >= 0.6 is 0 Å². The van der Waals surface area contributed by atoms with Crippen LogP contribution in [0.4, 0.5) is 0 Å². The van der Waals surface area contributed by atoms with Crippen molar-refractivity contribution in [3.05, 3.63) is 0 Å². The monoisotopic (exact) mass is 516 g/mol. The Balaban J connectivity index is 1.83. The maximum absolute atomic E-state index is 11.9. The molecule has 3 saturated heterocycles. The summed E-state index contributed by atoms with van der Waals surface area (Å²) in [7, 11) is 1.00. The third kappa shape index (κ3) is 5.60. The van der Waals surface area contributed by atoms with Gasteiger partial charge in [-0.3, -0.25) is 0 Å². The van der Waals surface area contributed by atoms with Gasteiger partial charge in [0.1, 0.15) is 61.0 Å². The average molecular weight is 516 g/mol. The summed E-state index contributed by atoms with van der Waals surface area (Å²) in [6.45, 7) is 0.624. The Morgan fingerprint density at radius 2 is 1.26 bits per heavy atom. The summed E-state index contributed by atoms with van der Waals surface area (Å²) in [5.74, 6) is -1.07. The Bertz CT molecular complexity index is 708. The van der Waals surface area contributed by atoms with E-state index in [4.69, 9.17) is 23.7 Å². The van der Waals surface area contributed by atoms with Gasteiger partial charge >= 0.3 is 5.97 Å². The van der Waals surface area contributed by atoms with Gasteiger partial charge in [-0.2, -0.15) is 0 Å². The van der Waals surface area contributed by atoms with Crippen molar-refractivity contribution in [3.8, 4) is 0 Å². The first-order chi connectivity index (χ1) is 16.4. The van der Waals surface area contributed by atoms with E-state index in [1.165, 1.54) is 6.92 Å². The number of esters is 1. The lowest BCUT2D eigenvalue weighted by molar-refractivity contribution is -0.378. The van der Waals surface area contributed by atoms with Crippen LogP contribution in [0.5, 0.6) is 0 Å². The zero-order valence-corrected chi connectivity index (χ0v) is 18.8. The highest BCUT2D eigenvalue weighted by Gasteiger charge is 2.54. The second-order valence-corrected chi connectivity index (χ2v) is 8.54. The van der Waals surface area contributed by atoms with E-state index in [0.29, 0.717) is 0 Å². The number of methoxy groups -OCH3 is 1. The highest BCUT2D eigenvalue weighted by atomic mass is 16.8. The molecule has 16 nitrogen and oxygen atoms in total. The zero-order valence-electron chi connectivity index (χ0n) is 18.8. The van der Waals surface area contributed by atoms with Crippen LogP contribution in [0.25, 0.3) is 0 Å². The first kappa shape index (κ1) is 28.5. The fourth-order valence-corrected chi connectivity index (χ4v) is 4.11. The van der Waals surface area contributed by atoms with Gasteiger partial charge in [-0.15, -0.1) is 0 Å². The second-order valence-electron chi connectivity index (χ2n) is 8.54. The Morgan fingerprint density at radius 3 is 1.83 bits per heavy atom. The van der Waals surface area contributed by atoms with Gasteiger partial charge in [0.25, 0.3) is 0 Å². The van der Waals surface area contributed by atoms with E-state index in [0.717, 1.165) is 7.11 Å². The van der Waals surface area contributed by atoms with Crippen LogP contribution in [0.3, 0.4) is 0 Å². The van der Waals surface area contributed by atoms with Gasteiger partial charge in [-0.25, -0.2) is 4.79 Å². The van der Waals surface area contributed by atoms with E-state index in [-0.39, 0.29) is 0 Å². The highest BCUT2D eigenvalue weighted by Crippen LogP contribution is 2.32. The van der Waals surface area contributed by atoms with E-state index in [1.807, 2.05) is 0 Å². The van der Waals surface area contributed by atoms with Crippen molar-refractivity contribution < 1.29 is 79.2 Å². The molecule has 204 valence electrons. The summed E-state index contributed by atoms with van der Waals surface area (Å²) in [4.78, 5) is 11.9. The molecule has 0 radical (unpaired) electrons. The predicted octanol–water partition coefficient (Wildman–Crippen LogP) is -6.36. The van der Waals surface area contributed by atoms with Gasteiger partial charge in [0, 0.05) is 0 Å². The lowest BCUT2D eigenvalue weighted by atomic mass is 9.96. The molecule has 35 heavy (non-hydrogen) atoms. The number of hydrogen-bond acceptors (Lipinski definition) is 16. The Labute approximate surface area is 198 Å². The fraction of sp³-hybridized carbons (Fsp3) is 0.947. The minimum atomic E-state index is -1.90. The first-order valence-electron chi connectivity index (χ1n) is 10.8. The molecular weight excluding hydrogens is 484 g/mol. The topological polar surface area (TPSA) is 255 Å². The second kappa shape index (κ2) is 11.5. The number of carbonyl (C=O) groups excluding carboxylic acids is 1. The van der Waals surface area contributed by atoms with Crippen LogP contribution in [-0.4, -0.2) is 158 Å². The Kier molecular flexibility index (Phi) is 9.38. The maximum atomic E-state index is 11.9. The molecule has 0 bridgehead atoms. The van der Waals surface area contributed by atoms with Crippen molar-refractivity contribution in [1.29, 1.82) is 0 Å². The highest BCUT2D eigenvalue weighted by molar-refractivity contribution is 5.75. The lowest BCUT2D eigenvalue weighted by Gasteiger charge is -2.47. The summed E-state index contributed by atoms with van der Waals surface area (Å²) in [6.07, 6.45) is -25.4. The molecule has 3 aliphatic rings. The van der Waals surface area contributed by atoms with E-state index >= 15 is 0 Å². The van der Waals surface area contributed by atoms with E-state index in [1.54, 1.807) is 0 Å². The van der Waals surface area contributed by atoms with Gasteiger partial charge < -0.3 is 74.4 Å². The van der Waals surface area contributed by atoms with Crippen molar-refractivity contribution >= 4 is 5.97 Å². The molecule has 0 amide bonds. The van der Waals surface area contributed by atoms with Crippen molar-refractivity contribution in [1.82, 2.24) is 0 Å². The Hall–Kier alpha value is -1.09. The van der Waals surface area contributed by atoms with Crippen molar-refractivity contribution in [2.24, 2.45) is 0 Å². The molecule has 0 unspecified atom stereocenters. The molecular formula is C19H32O16. The normalized spacial score (nSPS) is 51.1. The summed E-state index contributed by atoms with van der Waals surface area (Å²) in [5, 5.41) is 90.6. The zero-order chi connectivity index (χ0) is 26.2. The van der Waals surface area contributed by atoms with Gasteiger partial charge in [-0.05, 0) is 6.92 Å². The summed E-state index contributed by atoms with van der Waals surface area (Å²) >= 11 is 0. The molecule has 0 aromatic carbocycles. The molecule has 0 spiro atoms. The van der Waals surface area contributed by atoms with Gasteiger partial charge in [0.15, 0.2) is 25.0 Å². The van der Waals surface area contributed by atoms with Crippen molar-refractivity contribution in [2.75, 3.05) is 13.7 Å². The summed E-state index contributed by atoms with van der Waals surface area (Å²) in [5.41, 5.74) is 0. The van der Waals surface area contributed by atoms with Crippen LogP contribution in [0.2, 0.25) is 0 Å². The Morgan fingerprint density at radius 1 is 0.714 bits per heavy atom. The molecule has 0 aromatic heterocycles. The molecule has 9 N–H and O–H groups in total. The third-order valence-electron chi connectivity index (χ3n) is 6.20. The molecule has 0 saturated carbocycles. The number of carbonyl (C=O) groups is 1. The van der Waals surface area contributed by atoms with Crippen molar-refractivity contribution in [2.45, 2.75) is 99.0 Å². The number of aliphatic hydroxyl groups excluding tert-OH is 9. The average Bonchev–Trinajstić information content (AvgIpc) is 2.83. The molecule has 3 heterocycles. The minimum Gasteiger partial charge on any atom is -0.467 e. The van der Waals surface area contributed by atoms with E-state index < -0.39 is 105 Å². The van der Waals surface area contributed by atoms with E-state index in [2.05, 4.69) is 4.74 Å². The number of ether oxygens (including phenoxy) is 6. The molecule has 0 aliphatic carbocycles. The number of rotatable bonds is 6. The van der Waals surface area contributed by atoms with Gasteiger partial charge in [0.2, 0.25) is 0 Å². The largest absolute Gasteiger partial charge is 0.467 e. The number of aliphatic hydroxyl groups is 9. The van der Waals surface area contributed by atoms with Crippen LogP contribution in [-0.2, 0) is 33.2 Å². The predicted molar refractivity (Wildman–Crippen MR) is 105 cm³/mol. The molecule has 3 aliphatic heterocycles. The molecule has 3 fully saturated rings. The van der Waals surface area contributed by atoms with Crippen LogP contribution in [0.15, 0.2) is 0 Å². The van der Waals surface area contributed by atoms with Crippen LogP contribution in [0.1, 0.15) is 6.92 Å². The molecule has 16 heteroatoms. The molecule has 15 atom stereocenters.